The van der Waals surface area contributed by atoms with Gasteiger partial charge in [-0.1, -0.05) is 6.07 Å². The van der Waals surface area contributed by atoms with E-state index in [1.807, 2.05) is 36.4 Å². The molecule has 0 amide bonds. The smallest absolute Gasteiger partial charge is 0.250 e. The summed E-state index contributed by atoms with van der Waals surface area (Å²) in [6.45, 7) is 1.79. The summed E-state index contributed by atoms with van der Waals surface area (Å²) < 4.78 is 0. The van der Waals surface area contributed by atoms with Crippen LogP contribution < -0.4 is 10.9 Å². The van der Waals surface area contributed by atoms with Crippen LogP contribution in [0.25, 0.3) is 11.1 Å². The molecule has 3 heterocycles. The minimum Gasteiger partial charge on any atom is -0.328 e. The number of aromatic amines is 1. The van der Waals surface area contributed by atoms with Gasteiger partial charge in [-0.05, 0) is 48.4 Å². The highest BCUT2D eigenvalue weighted by molar-refractivity contribution is 5.67. The molecule has 0 fully saturated rings. The fourth-order valence-corrected chi connectivity index (χ4v) is 2.01. The summed E-state index contributed by atoms with van der Waals surface area (Å²) in [7, 11) is 0. The number of aryl methyl sites for hydroxylation is 1. The first-order valence-corrected chi connectivity index (χ1v) is 6.56. The molecule has 21 heavy (non-hydrogen) atoms. The van der Waals surface area contributed by atoms with Gasteiger partial charge in [-0.25, -0.2) is 9.97 Å². The molecule has 0 aliphatic rings. The van der Waals surface area contributed by atoms with Crippen molar-refractivity contribution in [3.63, 3.8) is 0 Å². The van der Waals surface area contributed by atoms with Crippen LogP contribution in [0, 0.1) is 6.92 Å². The summed E-state index contributed by atoms with van der Waals surface area (Å²) in [6, 6.07) is 11.3. The molecule has 5 nitrogen and oxygen atoms in total. The average Bonchev–Trinajstić information content (AvgIpc) is 2.51. The van der Waals surface area contributed by atoms with E-state index in [9.17, 15) is 4.79 Å². The number of aromatic nitrogens is 3. The van der Waals surface area contributed by atoms with Crippen LogP contribution in [-0.2, 0) is 0 Å². The number of nitrogens with one attached hydrogen (secondary N) is 2. The molecule has 0 bridgehead atoms. The van der Waals surface area contributed by atoms with Crippen molar-refractivity contribution in [3.05, 3.63) is 70.9 Å². The minimum atomic E-state index is -0.0698. The van der Waals surface area contributed by atoms with Gasteiger partial charge in [0.2, 0.25) is 0 Å². The van der Waals surface area contributed by atoms with Crippen molar-refractivity contribution in [3.8, 4) is 11.1 Å². The predicted molar refractivity (Wildman–Crippen MR) is 82.6 cm³/mol. The van der Waals surface area contributed by atoms with Crippen molar-refractivity contribution in [1.82, 2.24) is 15.0 Å². The molecule has 5 heteroatoms. The lowest BCUT2D eigenvalue weighted by Crippen LogP contribution is -2.07. The normalized spacial score (nSPS) is 10.3. The van der Waals surface area contributed by atoms with Crippen LogP contribution in [-0.4, -0.2) is 15.0 Å². The topological polar surface area (TPSA) is 70.7 Å². The molecule has 3 aromatic rings. The molecule has 0 spiro atoms. The van der Waals surface area contributed by atoms with Gasteiger partial charge in [0.25, 0.3) is 5.56 Å². The standard InChI is InChI=1S/C16H14N4O/c1-11-8-13(10-19-16(11)21)12-5-7-18-15(9-12)20-14-4-2-3-6-17-14/h2-10H,1H3,(H,19,21)(H,17,18,20). The highest BCUT2D eigenvalue weighted by Crippen LogP contribution is 2.21. The molecule has 104 valence electrons. The fraction of sp³-hybridized carbons (Fsp3) is 0.0625. The Labute approximate surface area is 121 Å². The maximum absolute atomic E-state index is 11.4. The van der Waals surface area contributed by atoms with Gasteiger partial charge in [0.1, 0.15) is 11.6 Å². The van der Waals surface area contributed by atoms with Crippen LogP contribution in [0.1, 0.15) is 5.56 Å². The summed E-state index contributed by atoms with van der Waals surface area (Å²) in [4.78, 5) is 22.6. The number of pyridine rings is 3. The van der Waals surface area contributed by atoms with Crippen molar-refractivity contribution in [2.75, 3.05) is 5.32 Å². The van der Waals surface area contributed by atoms with Gasteiger partial charge in [-0.3, -0.25) is 4.79 Å². The Morgan fingerprint density at radius 2 is 1.86 bits per heavy atom. The van der Waals surface area contributed by atoms with Gasteiger partial charge in [0.05, 0.1) is 0 Å². The second kappa shape index (κ2) is 5.58. The van der Waals surface area contributed by atoms with Crippen molar-refractivity contribution in [2.45, 2.75) is 6.92 Å². The SMILES string of the molecule is Cc1cc(-c2ccnc(Nc3ccccn3)c2)c[nH]c1=O. The second-order valence-electron chi connectivity index (χ2n) is 4.67. The molecule has 2 N–H and O–H groups in total. The van der Waals surface area contributed by atoms with Gasteiger partial charge in [0.15, 0.2) is 0 Å². The lowest BCUT2D eigenvalue weighted by Gasteiger charge is -2.07. The lowest BCUT2D eigenvalue weighted by molar-refractivity contribution is 1.18. The minimum absolute atomic E-state index is 0.0698. The summed E-state index contributed by atoms with van der Waals surface area (Å²) in [5.74, 6) is 1.44. The van der Waals surface area contributed by atoms with Crippen LogP contribution in [0.2, 0.25) is 0 Å². The molecule has 3 aromatic heterocycles. The van der Waals surface area contributed by atoms with Crippen LogP contribution in [0.4, 0.5) is 11.6 Å². The highest BCUT2D eigenvalue weighted by Gasteiger charge is 2.03. The number of nitrogens with zero attached hydrogens (tertiary/aromatic N) is 2. The molecule has 0 saturated carbocycles. The van der Waals surface area contributed by atoms with E-state index in [-0.39, 0.29) is 5.56 Å². The maximum Gasteiger partial charge on any atom is 0.250 e. The molecule has 0 aliphatic heterocycles. The first-order chi connectivity index (χ1) is 10.2. The quantitative estimate of drug-likeness (QED) is 0.772. The zero-order valence-corrected chi connectivity index (χ0v) is 11.5. The zero-order valence-electron chi connectivity index (χ0n) is 11.5. The molecular weight excluding hydrogens is 264 g/mol. The number of anilines is 2. The largest absolute Gasteiger partial charge is 0.328 e. The van der Waals surface area contributed by atoms with E-state index in [1.54, 1.807) is 25.5 Å². The van der Waals surface area contributed by atoms with Crippen molar-refractivity contribution in [1.29, 1.82) is 0 Å². The number of H-pyrrole nitrogens is 1. The monoisotopic (exact) mass is 278 g/mol. The molecule has 0 aliphatic carbocycles. The second-order valence-corrected chi connectivity index (χ2v) is 4.67. The van der Waals surface area contributed by atoms with Gasteiger partial charge in [-0.15, -0.1) is 0 Å². The van der Waals surface area contributed by atoms with Gasteiger partial charge in [0, 0.05) is 24.2 Å². The Balaban J connectivity index is 1.92. The Kier molecular flexibility index (Phi) is 3.47. The van der Waals surface area contributed by atoms with Gasteiger partial charge < -0.3 is 10.3 Å². The lowest BCUT2D eigenvalue weighted by atomic mass is 10.1. The Bertz CT molecular complexity index is 812. The molecule has 0 saturated heterocycles. The third-order valence-electron chi connectivity index (χ3n) is 3.10. The fourth-order valence-electron chi connectivity index (χ4n) is 2.01. The number of hydrogen-bond acceptors (Lipinski definition) is 4. The Morgan fingerprint density at radius 3 is 2.62 bits per heavy atom. The summed E-state index contributed by atoms with van der Waals surface area (Å²) in [6.07, 6.45) is 5.15. The molecule has 0 unspecified atom stereocenters. The highest BCUT2D eigenvalue weighted by atomic mass is 16.1. The van der Waals surface area contributed by atoms with Crippen molar-refractivity contribution in [2.24, 2.45) is 0 Å². The first kappa shape index (κ1) is 13.1. The Morgan fingerprint density at radius 1 is 1.00 bits per heavy atom. The van der Waals surface area contributed by atoms with E-state index < -0.39 is 0 Å². The Hall–Kier alpha value is -2.95. The molecule has 3 rings (SSSR count). The van der Waals surface area contributed by atoms with E-state index in [4.69, 9.17) is 0 Å². The summed E-state index contributed by atoms with van der Waals surface area (Å²) in [5, 5.41) is 3.15. The van der Waals surface area contributed by atoms with Crippen LogP contribution in [0.5, 0.6) is 0 Å². The van der Waals surface area contributed by atoms with Crippen LogP contribution >= 0.6 is 0 Å². The average molecular weight is 278 g/mol. The number of rotatable bonds is 3. The first-order valence-electron chi connectivity index (χ1n) is 6.56. The maximum atomic E-state index is 11.4. The van der Waals surface area contributed by atoms with Gasteiger partial charge >= 0.3 is 0 Å². The van der Waals surface area contributed by atoms with E-state index in [2.05, 4.69) is 20.3 Å². The van der Waals surface area contributed by atoms with E-state index in [0.29, 0.717) is 11.4 Å². The molecule has 0 aromatic carbocycles. The molecule has 0 atom stereocenters. The van der Waals surface area contributed by atoms with Crippen molar-refractivity contribution < 1.29 is 0 Å². The summed E-state index contributed by atoms with van der Waals surface area (Å²) >= 11 is 0. The van der Waals surface area contributed by atoms with Crippen LogP contribution in [0.15, 0.2) is 59.8 Å². The van der Waals surface area contributed by atoms with E-state index in [1.165, 1.54) is 0 Å². The number of hydrogen-bond donors (Lipinski definition) is 2. The molecule has 0 radical (unpaired) electrons. The van der Waals surface area contributed by atoms with Crippen molar-refractivity contribution >= 4 is 11.6 Å². The summed E-state index contributed by atoms with van der Waals surface area (Å²) in [5.41, 5.74) is 2.53. The predicted octanol–water partition coefficient (Wildman–Crippen LogP) is 2.88. The third kappa shape index (κ3) is 2.97. The third-order valence-corrected chi connectivity index (χ3v) is 3.10. The van der Waals surface area contributed by atoms with Crippen LogP contribution in [0.3, 0.4) is 0 Å². The van der Waals surface area contributed by atoms with E-state index in [0.717, 1.165) is 16.9 Å². The van der Waals surface area contributed by atoms with E-state index >= 15 is 0 Å². The molecular formula is C16H14N4O. The van der Waals surface area contributed by atoms with Gasteiger partial charge in [-0.2, -0.15) is 0 Å². The zero-order chi connectivity index (χ0) is 14.7.